The van der Waals surface area contributed by atoms with E-state index in [2.05, 4.69) is 5.48 Å². The molecule has 8 heteroatoms. The Kier molecular flexibility index (Phi) is 5.33. The van der Waals surface area contributed by atoms with Gasteiger partial charge in [0.1, 0.15) is 24.4 Å². The van der Waals surface area contributed by atoms with Crippen LogP contribution in [0.1, 0.15) is 26.3 Å². The van der Waals surface area contributed by atoms with Gasteiger partial charge in [-0.05, 0) is 26.3 Å². The van der Waals surface area contributed by atoms with Gasteiger partial charge in [-0.2, -0.15) is 5.48 Å². The Morgan fingerprint density at radius 2 is 2.00 bits per heavy atom. The van der Waals surface area contributed by atoms with Crippen molar-refractivity contribution in [3.63, 3.8) is 0 Å². The molecule has 3 rings (SSSR count). The zero-order valence-electron chi connectivity index (χ0n) is 15.1. The summed E-state index contributed by atoms with van der Waals surface area (Å²) in [4.78, 5) is 30.8. The lowest BCUT2D eigenvalue weighted by molar-refractivity contribution is -0.0253. The van der Waals surface area contributed by atoms with Crippen LogP contribution < -0.4 is 5.48 Å². The maximum atomic E-state index is 12.3. The van der Waals surface area contributed by atoms with E-state index >= 15 is 0 Å². The van der Waals surface area contributed by atoms with Gasteiger partial charge in [0.2, 0.25) is 0 Å². The Morgan fingerprint density at radius 3 is 2.69 bits per heavy atom. The van der Waals surface area contributed by atoms with Crippen LogP contribution in [0.25, 0.3) is 0 Å². The molecule has 142 valence electrons. The SMILES string of the molecule is CC(C)(C)OC(=O)N1CC2OC2C1CONC(=O)OCc1ccccc1. The fourth-order valence-electron chi connectivity index (χ4n) is 2.80. The van der Waals surface area contributed by atoms with Gasteiger partial charge in [-0.1, -0.05) is 30.3 Å². The van der Waals surface area contributed by atoms with E-state index in [1.54, 1.807) is 4.90 Å². The van der Waals surface area contributed by atoms with Gasteiger partial charge in [0, 0.05) is 0 Å². The minimum atomic E-state index is -0.691. The van der Waals surface area contributed by atoms with E-state index < -0.39 is 17.8 Å². The number of nitrogens with one attached hydrogen (secondary N) is 1. The van der Waals surface area contributed by atoms with Gasteiger partial charge in [-0.15, -0.1) is 0 Å². The number of carbonyl (C=O) groups is 2. The summed E-state index contributed by atoms with van der Waals surface area (Å²) in [6.07, 6.45) is -1.16. The van der Waals surface area contributed by atoms with Crippen LogP contribution in [0.4, 0.5) is 9.59 Å². The third-order valence-corrected chi connectivity index (χ3v) is 4.03. The van der Waals surface area contributed by atoms with E-state index in [0.717, 1.165) is 5.56 Å². The lowest BCUT2D eigenvalue weighted by Crippen LogP contribution is -2.46. The number of fused-ring (bicyclic) bond motifs is 1. The number of likely N-dealkylation sites (tertiary alicyclic amines) is 1. The zero-order valence-corrected chi connectivity index (χ0v) is 15.1. The average Bonchev–Trinajstić information content (AvgIpc) is 3.26. The van der Waals surface area contributed by atoms with Gasteiger partial charge >= 0.3 is 12.2 Å². The number of hydroxylamine groups is 1. The first kappa shape index (κ1) is 18.5. The maximum Gasteiger partial charge on any atom is 0.431 e. The number of ether oxygens (including phenoxy) is 3. The van der Waals surface area contributed by atoms with Gasteiger partial charge < -0.3 is 14.2 Å². The molecule has 0 saturated carbocycles. The number of morpholine rings is 1. The van der Waals surface area contributed by atoms with Crippen molar-refractivity contribution in [1.82, 2.24) is 10.4 Å². The van der Waals surface area contributed by atoms with Crippen LogP contribution in [0.15, 0.2) is 30.3 Å². The van der Waals surface area contributed by atoms with Gasteiger partial charge in [0.15, 0.2) is 0 Å². The van der Waals surface area contributed by atoms with E-state index in [1.165, 1.54) is 0 Å². The Hall–Kier alpha value is -2.32. The highest BCUT2D eigenvalue weighted by Gasteiger charge is 2.57. The number of rotatable bonds is 5. The highest BCUT2D eigenvalue weighted by atomic mass is 16.7. The lowest BCUT2D eigenvalue weighted by atomic mass is 10.2. The smallest absolute Gasteiger partial charge is 0.431 e. The zero-order chi connectivity index (χ0) is 18.7. The van der Waals surface area contributed by atoms with Crippen LogP contribution in [-0.4, -0.2) is 54.1 Å². The van der Waals surface area contributed by atoms with Crippen LogP contribution in [0, 0.1) is 0 Å². The quantitative estimate of drug-likeness (QED) is 0.637. The van der Waals surface area contributed by atoms with E-state index in [1.807, 2.05) is 51.1 Å². The lowest BCUT2D eigenvalue weighted by Gasteiger charge is -2.29. The summed E-state index contributed by atoms with van der Waals surface area (Å²) in [6, 6.07) is 9.03. The second-order valence-corrected chi connectivity index (χ2v) is 7.31. The molecule has 2 heterocycles. The third-order valence-electron chi connectivity index (χ3n) is 4.03. The number of nitrogens with zero attached hydrogens (tertiary/aromatic N) is 1. The largest absolute Gasteiger partial charge is 0.444 e. The molecule has 1 N–H and O–H groups in total. The Balaban J connectivity index is 1.41. The first-order valence-electron chi connectivity index (χ1n) is 8.57. The molecule has 3 unspecified atom stereocenters. The molecule has 8 nitrogen and oxygen atoms in total. The first-order chi connectivity index (χ1) is 12.3. The standard InChI is InChI=1S/C18H24N2O6/c1-18(2,3)26-17(22)20-9-14-15(25-14)13(20)11-24-19-16(21)23-10-12-7-5-4-6-8-12/h4-8,13-15H,9-11H2,1-3H3,(H,19,21). The Labute approximate surface area is 152 Å². The summed E-state index contributed by atoms with van der Waals surface area (Å²) >= 11 is 0. The number of epoxide rings is 1. The highest BCUT2D eigenvalue weighted by molar-refractivity contribution is 5.69. The van der Waals surface area contributed by atoms with Crippen LogP contribution in [0.3, 0.4) is 0 Å². The van der Waals surface area contributed by atoms with Crippen LogP contribution >= 0.6 is 0 Å². The molecule has 0 bridgehead atoms. The summed E-state index contributed by atoms with van der Waals surface area (Å²) in [5.41, 5.74) is 2.54. The van der Waals surface area contributed by atoms with Crippen LogP contribution in [0.5, 0.6) is 0 Å². The van der Waals surface area contributed by atoms with Crippen molar-refractivity contribution in [2.75, 3.05) is 13.2 Å². The monoisotopic (exact) mass is 364 g/mol. The highest BCUT2D eigenvalue weighted by Crippen LogP contribution is 2.37. The number of amides is 2. The molecule has 1 aromatic rings. The van der Waals surface area contributed by atoms with Crippen molar-refractivity contribution in [1.29, 1.82) is 0 Å². The van der Waals surface area contributed by atoms with Crippen molar-refractivity contribution >= 4 is 12.2 Å². The minimum Gasteiger partial charge on any atom is -0.444 e. The van der Waals surface area contributed by atoms with Gasteiger partial charge in [0.05, 0.1) is 19.2 Å². The molecule has 2 amide bonds. The number of carbonyl (C=O) groups excluding carboxylic acids is 2. The summed E-state index contributed by atoms with van der Waals surface area (Å²) in [6.45, 7) is 6.15. The van der Waals surface area contributed by atoms with Crippen molar-refractivity contribution in [3.8, 4) is 0 Å². The molecule has 0 aromatic heterocycles. The number of hydrogen-bond acceptors (Lipinski definition) is 6. The van der Waals surface area contributed by atoms with Crippen molar-refractivity contribution in [2.45, 2.75) is 51.2 Å². The first-order valence-corrected chi connectivity index (χ1v) is 8.57. The Bertz CT molecular complexity index is 645. The molecular formula is C18H24N2O6. The van der Waals surface area contributed by atoms with Gasteiger partial charge in [0.25, 0.3) is 0 Å². The summed E-state index contributed by atoms with van der Waals surface area (Å²) in [5.74, 6) is 0. The molecule has 2 aliphatic heterocycles. The van der Waals surface area contributed by atoms with Crippen LogP contribution in [-0.2, 0) is 25.7 Å². The fourth-order valence-corrected chi connectivity index (χ4v) is 2.80. The molecule has 26 heavy (non-hydrogen) atoms. The second-order valence-electron chi connectivity index (χ2n) is 7.31. The third kappa shape index (κ3) is 4.86. The molecule has 2 aliphatic rings. The maximum absolute atomic E-state index is 12.3. The fraction of sp³-hybridized carbons (Fsp3) is 0.556. The van der Waals surface area contributed by atoms with E-state index in [0.29, 0.717) is 6.54 Å². The van der Waals surface area contributed by atoms with Crippen LogP contribution in [0.2, 0.25) is 0 Å². The van der Waals surface area contributed by atoms with E-state index in [-0.39, 0.29) is 31.5 Å². The molecule has 0 spiro atoms. The second kappa shape index (κ2) is 7.51. The molecule has 2 saturated heterocycles. The molecular weight excluding hydrogens is 340 g/mol. The molecule has 0 aliphatic carbocycles. The van der Waals surface area contributed by atoms with Gasteiger partial charge in [-0.25, -0.2) is 9.59 Å². The minimum absolute atomic E-state index is 0.0150. The molecule has 0 radical (unpaired) electrons. The summed E-state index contributed by atoms with van der Waals surface area (Å²) < 4.78 is 15.9. The number of hydrogen-bond donors (Lipinski definition) is 1. The van der Waals surface area contributed by atoms with E-state index in [9.17, 15) is 9.59 Å². The Morgan fingerprint density at radius 1 is 1.27 bits per heavy atom. The molecule has 1 aromatic carbocycles. The van der Waals surface area contributed by atoms with Crippen molar-refractivity contribution in [2.24, 2.45) is 0 Å². The topological polar surface area (TPSA) is 89.6 Å². The average molecular weight is 364 g/mol. The molecule has 3 atom stereocenters. The van der Waals surface area contributed by atoms with Gasteiger partial charge in [-0.3, -0.25) is 9.74 Å². The van der Waals surface area contributed by atoms with E-state index in [4.69, 9.17) is 19.0 Å². The van der Waals surface area contributed by atoms with Crippen molar-refractivity contribution in [3.05, 3.63) is 35.9 Å². The predicted molar refractivity (Wildman–Crippen MR) is 91.1 cm³/mol. The summed E-state index contributed by atoms with van der Waals surface area (Å²) in [5, 5.41) is 0. The normalized spacial score (nSPS) is 24.0. The number of benzene rings is 1. The predicted octanol–water partition coefficient (Wildman–Crippen LogP) is 2.23. The van der Waals surface area contributed by atoms with Crippen molar-refractivity contribution < 1.29 is 28.6 Å². The summed E-state index contributed by atoms with van der Waals surface area (Å²) in [7, 11) is 0. The molecule has 2 fully saturated rings.